The molecule has 1 amide bonds. The van der Waals surface area contributed by atoms with Crippen molar-refractivity contribution < 1.29 is 14.3 Å². The van der Waals surface area contributed by atoms with Crippen molar-refractivity contribution in [1.82, 2.24) is 5.32 Å². The van der Waals surface area contributed by atoms with Gasteiger partial charge < -0.3 is 10.4 Å². The summed E-state index contributed by atoms with van der Waals surface area (Å²) in [6.07, 6.45) is 0.772. The van der Waals surface area contributed by atoms with Crippen molar-refractivity contribution in [2.75, 3.05) is 6.54 Å². The highest BCUT2D eigenvalue weighted by atomic mass is 32.1. The molecule has 0 aromatic heterocycles. The molecular formula is C12H16FNO2S. The lowest BCUT2D eigenvalue weighted by molar-refractivity contribution is 0.0941. The third kappa shape index (κ3) is 4.36. The fourth-order valence-corrected chi connectivity index (χ4v) is 1.53. The largest absolute Gasteiger partial charge is 0.393 e. The highest BCUT2D eigenvalue weighted by Gasteiger charge is 2.08. The summed E-state index contributed by atoms with van der Waals surface area (Å²) in [7, 11) is 0. The molecule has 0 saturated carbocycles. The smallest absolute Gasteiger partial charge is 0.251 e. The molecule has 1 atom stereocenters. The number of halogens is 1. The lowest BCUT2D eigenvalue weighted by Gasteiger charge is -2.09. The Morgan fingerprint density at radius 2 is 2.29 bits per heavy atom. The van der Waals surface area contributed by atoms with Crippen molar-refractivity contribution in [3.05, 3.63) is 29.6 Å². The fraction of sp³-hybridized carbons (Fsp3) is 0.417. The molecule has 0 heterocycles. The van der Waals surface area contributed by atoms with Crippen LogP contribution in [0.4, 0.5) is 4.39 Å². The van der Waals surface area contributed by atoms with E-state index in [2.05, 4.69) is 17.9 Å². The van der Waals surface area contributed by atoms with Crippen LogP contribution in [0.15, 0.2) is 23.1 Å². The van der Waals surface area contributed by atoms with Crippen molar-refractivity contribution in [2.24, 2.45) is 0 Å². The summed E-state index contributed by atoms with van der Waals surface area (Å²) >= 11 is 3.91. The van der Waals surface area contributed by atoms with Gasteiger partial charge in [-0.2, -0.15) is 0 Å². The van der Waals surface area contributed by atoms with Gasteiger partial charge in [-0.3, -0.25) is 4.79 Å². The van der Waals surface area contributed by atoms with Crippen LogP contribution in [0.3, 0.4) is 0 Å². The fourth-order valence-electron chi connectivity index (χ4n) is 1.31. The molecule has 0 fully saturated rings. The van der Waals surface area contributed by atoms with Gasteiger partial charge in [0, 0.05) is 17.0 Å². The molecule has 5 heteroatoms. The molecular weight excluding hydrogens is 241 g/mol. The average Bonchev–Trinajstić information content (AvgIpc) is 2.32. The Hall–Kier alpha value is -1.07. The molecule has 1 aromatic rings. The van der Waals surface area contributed by atoms with Gasteiger partial charge in [0.1, 0.15) is 5.82 Å². The van der Waals surface area contributed by atoms with Gasteiger partial charge in [-0.15, -0.1) is 12.6 Å². The van der Waals surface area contributed by atoms with E-state index in [0.29, 0.717) is 24.9 Å². The van der Waals surface area contributed by atoms with E-state index < -0.39 is 11.9 Å². The van der Waals surface area contributed by atoms with E-state index in [9.17, 15) is 14.3 Å². The molecule has 0 spiro atoms. The van der Waals surface area contributed by atoms with Gasteiger partial charge in [-0.05, 0) is 31.0 Å². The topological polar surface area (TPSA) is 49.3 Å². The molecule has 0 radical (unpaired) electrons. The summed E-state index contributed by atoms with van der Waals surface area (Å²) in [5.41, 5.74) is 0.363. The van der Waals surface area contributed by atoms with Crippen molar-refractivity contribution >= 4 is 18.5 Å². The first-order valence-electron chi connectivity index (χ1n) is 5.49. The molecule has 0 bridgehead atoms. The Kier molecular flexibility index (Phi) is 5.44. The Labute approximate surface area is 105 Å². The molecule has 0 aliphatic rings. The zero-order valence-corrected chi connectivity index (χ0v) is 10.5. The predicted octanol–water partition coefficient (Wildman–Crippen LogP) is 2.01. The van der Waals surface area contributed by atoms with E-state index in [-0.39, 0.29) is 10.8 Å². The first kappa shape index (κ1) is 14.0. The summed E-state index contributed by atoms with van der Waals surface area (Å²) in [5, 5.41) is 12.0. The molecule has 1 unspecified atom stereocenters. The minimum atomic E-state index is -0.453. The molecule has 2 N–H and O–H groups in total. The van der Waals surface area contributed by atoms with Gasteiger partial charge in [0.2, 0.25) is 0 Å². The lowest BCUT2D eigenvalue weighted by Crippen LogP contribution is -2.27. The van der Waals surface area contributed by atoms with Crippen LogP contribution >= 0.6 is 12.6 Å². The number of carbonyl (C=O) groups is 1. The van der Waals surface area contributed by atoms with Gasteiger partial charge in [0.25, 0.3) is 5.91 Å². The average molecular weight is 257 g/mol. The Balaban J connectivity index is 2.50. The molecule has 17 heavy (non-hydrogen) atoms. The molecule has 0 aliphatic heterocycles. The second kappa shape index (κ2) is 6.61. The second-order valence-corrected chi connectivity index (χ2v) is 4.25. The number of amides is 1. The molecule has 94 valence electrons. The number of rotatable bonds is 5. The monoisotopic (exact) mass is 257 g/mol. The van der Waals surface area contributed by atoms with Crippen LogP contribution in [0.5, 0.6) is 0 Å². The van der Waals surface area contributed by atoms with Crippen LogP contribution < -0.4 is 5.32 Å². The first-order valence-corrected chi connectivity index (χ1v) is 5.94. The third-order valence-electron chi connectivity index (χ3n) is 2.44. The van der Waals surface area contributed by atoms with Crippen molar-refractivity contribution in [3.63, 3.8) is 0 Å². The number of carbonyl (C=O) groups excluding carboxylic acids is 1. The Bertz CT molecular complexity index is 398. The number of benzene rings is 1. The van der Waals surface area contributed by atoms with Crippen molar-refractivity contribution in [1.29, 1.82) is 0 Å². The van der Waals surface area contributed by atoms with Crippen LogP contribution in [-0.4, -0.2) is 23.7 Å². The SMILES string of the molecule is CCC(O)CCNC(=O)c1ccc(F)c(S)c1. The molecule has 1 aromatic carbocycles. The van der Waals surface area contributed by atoms with E-state index in [1.54, 1.807) is 0 Å². The normalized spacial score (nSPS) is 12.2. The number of nitrogens with one attached hydrogen (secondary N) is 1. The van der Waals surface area contributed by atoms with E-state index in [4.69, 9.17) is 0 Å². The highest BCUT2D eigenvalue weighted by Crippen LogP contribution is 2.14. The zero-order chi connectivity index (χ0) is 12.8. The van der Waals surface area contributed by atoms with E-state index >= 15 is 0 Å². The summed E-state index contributed by atoms with van der Waals surface area (Å²) < 4.78 is 12.9. The molecule has 1 rings (SSSR count). The maximum atomic E-state index is 12.9. The van der Waals surface area contributed by atoms with Crippen LogP contribution in [0.25, 0.3) is 0 Å². The number of hydrogen-bond acceptors (Lipinski definition) is 3. The maximum Gasteiger partial charge on any atom is 0.251 e. The minimum Gasteiger partial charge on any atom is -0.393 e. The van der Waals surface area contributed by atoms with Gasteiger partial charge in [-0.1, -0.05) is 6.92 Å². The predicted molar refractivity (Wildman–Crippen MR) is 66.9 cm³/mol. The van der Waals surface area contributed by atoms with Gasteiger partial charge in [0.15, 0.2) is 0 Å². The number of thiol groups is 1. The Morgan fingerprint density at radius 1 is 1.59 bits per heavy atom. The summed E-state index contributed by atoms with van der Waals surface area (Å²) in [6.45, 7) is 2.27. The second-order valence-electron chi connectivity index (χ2n) is 3.77. The van der Waals surface area contributed by atoms with E-state index in [1.165, 1.54) is 18.2 Å². The zero-order valence-electron chi connectivity index (χ0n) is 9.61. The summed E-state index contributed by atoms with van der Waals surface area (Å²) in [5.74, 6) is -0.741. The van der Waals surface area contributed by atoms with Crippen molar-refractivity contribution in [3.8, 4) is 0 Å². The van der Waals surface area contributed by atoms with Gasteiger partial charge in [0.05, 0.1) is 6.10 Å². The number of hydrogen-bond donors (Lipinski definition) is 3. The van der Waals surface area contributed by atoms with Gasteiger partial charge >= 0.3 is 0 Å². The van der Waals surface area contributed by atoms with Gasteiger partial charge in [-0.25, -0.2) is 4.39 Å². The minimum absolute atomic E-state index is 0.145. The van der Waals surface area contributed by atoms with Crippen LogP contribution in [0.2, 0.25) is 0 Å². The number of aliphatic hydroxyl groups is 1. The highest BCUT2D eigenvalue weighted by molar-refractivity contribution is 7.80. The quantitative estimate of drug-likeness (QED) is 0.707. The standard InChI is InChI=1S/C12H16FNO2S/c1-2-9(15)5-6-14-12(16)8-3-4-10(13)11(17)7-8/h3-4,7,9,15,17H,2,5-6H2,1H3,(H,14,16). The molecule has 0 aliphatic carbocycles. The van der Waals surface area contributed by atoms with Crippen molar-refractivity contribution in [2.45, 2.75) is 30.8 Å². The van der Waals surface area contributed by atoms with E-state index in [0.717, 1.165) is 0 Å². The number of aliphatic hydroxyl groups excluding tert-OH is 1. The first-order chi connectivity index (χ1) is 8.04. The summed E-state index contributed by atoms with van der Waals surface area (Å²) in [6, 6.07) is 3.99. The van der Waals surface area contributed by atoms with Crippen LogP contribution in [-0.2, 0) is 0 Å². The lowest BCUT2D eigenvalue weighted by atomic mass is 10.2. The van der Waals surface area contributed by atoms with Crippen LogP contribution in [0.1, 0.15) is 30.1 Å². The molecule has 0 saturated heterocycles. The Morgan fingerprint density at radius 3 is 2.88 bits per heavy atom. The third-order valence-corrected chi connectivity index (χ3v) is 2.79. The summed E-state index contributed by atoms with van der Waals surface area (Å²) in [4.78, 5) is 11.8. The molecule has 3 nitrogen and oxygen atoms in total. The van der Waals surface area contributed by atoms with E-state index in [1.807, 2.05) is 6.92 Å². The maximum absolute atomic E-state index is 12.9. The van der Waals surface area contributed by atoms with Crippen LogP contribution in [0, 0.1) is 5.82 Å².